The second kappa shape index (κ2) is 5.16. The summed E-state index contributed by atoms with van der Waals surface area (Å²) in [4.78, 5) is 24.2. The first-order chi connectivity index (χ1) is 8.56. The van der Waals surface area contributed by atoms with E-state index in [1.54, 1.807) is 17.0 Å². The molecule has 1 fully saturated rings. The van der Waals surface area contributed by atoms with Crippen molar-refractivity contribution in [1.29, 1.82) is 0 Å². The molecule has 1 N–H and O–H groups in total. The molecular formula is C13H15FN2O2. The van der Waals surface area contributed by atoms with Crippen molar-refractivity contribution < 1.29 is 14.0 Å². The van der Waals surface area contributed by atoms with Crippen LogP contribution in [0.4, 0.5) is 9.18 Å². The van der Waals surface area contributed by atoms with E-state index in [-0.39, 0.29) is 23.7 Å². The number of ketones is 1. The number of carbonyl (C=O) groups excluding carboxylic acids is 2. The van der Waals surface area contributed by atoms with E-state index in [0.717, 1.165) is 5.56 Å². The molecule has 2 rings (SSSR count). The van der Waals surface area contributed by atoms with Gasteiger partial charge in [-0.1, -0.05) is 12.1 Å². The van der Waals surface area contributed by atoms with E-state index < -0.39 is 0 Å². The van der Waals surface area contributed by atoms with Gasteiger partial charge in [-0.3, -0.25) is 4.79 Å². The number of amides is 2. The van der Waals surface area contributed by atoms with Gasteiger partial charge in [-0.15, -0.1) is 0 Å². The van der Waals surface area contributed by atoms with Crippen LogP contribution in [0.3, 0.4) is 0 Å². The molecule has 0 radical (unpaired) electrons. The first kappa shape index (κ1) is 12.5. The number of Topliss-reactive ketones (excluding diaryl/α,β-unsaturated/α-hetero) is 1. The Hall–Kier alpha value is -1.91. The summed E-state index contributed by atoms with van der Waals surface area (Å²) in [5.74, 6) is -0.232. The normalized spacial score (nSPS) is 18.9. The molecule has 0 aliphatic carbocycles. The summed E-state index contributed by atoms with van der Waals surface area (Å²) in [5.41, 5.74) is 0.870. The van der Waals surface area contributed by atoms with Gasteiger partial charge in [-0.05, 0) is 24.6 Å². The average molecular weight is 250 g/mol. The zero-order valence-corrected chi connectivity index (χ0v) is 10.1. The van der Waals surface area contributed by atoms with Crippen LogP contribution in [0.15, 0.2) is 24.3 Å². The van der Waals surface area contributed by atoms with Gasteiger partial charge >= 0.3 is 6.03 Å². The van der Waals surface area contributed by atoms with Crippen LogP contribution in [-0.2, 0) is 4.79 Å². The van der Waals surface area contributed by atoms with Crippen LogP contribution in [0.25, 0.3) is 0 Å². The highest BCUT2D eigenvalue weighted by atomic mass is 19.1. The number of nitrogens with zero attached hydrogens (tertiary/aromatic N) is 1. The lowest BCUT2D eigenvalue weighted by Crippen LogP contribution is -2.29. The predicted octanol–water partition coefficient (Wildman–Crippen LogP) is 1.87. The molecular weight excluding hydrogens is 235 g/mol. The van der Waals surface area contributed by atoms with Gasteiger partial charge in [0.15, 0.2) is 0 Å². The third-order valence-electron chi connectivity index (χ3n) is 2.99. The van der Waals surface area contributed by atoms with Gasteiger partial charge in [0, 0.05) is 19.5 Å². The van der Waals surface area contributed by atoms with Crippen molar-refractivity contribution in [3.05, 3.63) is 35.6 Å². The van der Waals surface area contributed by atoms with Crippen molar-refractivity contribution in [3.63, 3.8) is 0 Å². The quantitative estimate of drug-likeness (QED) is 0.886. The molecule has 0 saturated carbocycles. The lowest BCUT2D eigenvalue weighted by Gasteiger charge is -2.13. The van der Waals surface area contributed by atoms with Crippen molar-refractivity contribution in [2.45, 2.75) is 19.4 Å². The van der Waals surface area contributed by atoms with E-state index in [1.165, 1.54) is 19.1 Å². The third-order valence-corrected chi connectivity index (χ3v) is 2.99. The molecule has 1 aromatic rings. The molecule has 18 heavy (non-hydrogen) atoms. The number of rotatable bonds is 4. The molecule has 1 atom stereocenters. The number of nitrogens with one attached hydrogen (secondary N) is 1. The first-order valence-corrected chi connectivity index (χ1v) is 5.86. The number of benzene rings is 1. The van der Waals surface area contributed by atoms with E-state index in [2.05, 4.69) is 5.32 Å². The van der Waals surface area contributed by atoms with Crippen LogP contribution >= 0.6 is 0 Å². The van der Waals surface area contributed by atoms with Crippen LogP contribution in [0, 0.1) is 5.82 Å². The van der Waals surface area contributed by atoms with Gasteiger partial charge in [-0.2, -0.15) is 0 Å². The smallest absolute Gasteiger partial charge is 0.318 e. The van der Waals surface area contributed by atoms with Gasteiger partial charge in [-0.25, -0.2) is 9.18 Å². The maximum atomic E-state index is 12.8. The van der Waals surface area contributed by atoms with Crippen molar-refractivity contribution >= 4 is 11.8 Å². The maximum Gasteiger partial charge on any atom is 0.318 e. The molecule has 96 valence electrons. The molecule has 1 saturated heterocycles. The van der Waals surface area contributed by atoms with E-state index in [1.807, 2.05) is 0 Å². The van der Waals surface area contributed by atoms with Gasteiger partial charge in [0.1, 0.15) is 11.6 Å². The highest BCUT2D eigenvalue weighted by molar-refractivity contribution is 5.79. The number of carbonyl (C=O) groups is 2. The number of hydrogen-bond acceptors (Lipinski definition) is 2. The zero-order chi connectivity index (χ0) is 13.1. The highest BCUT2D eigenvalue weighted by Crippen LogP contribution is 2.20. The van der Waals surface area contributed by atoms with Crippen LogP contribution in [0.1, 0.15) is 24.9 Å². The Labute approximate surface area is 105 Å². The Morgan fingerprint density at radius 2 is 2.11 bits per heavy atom. The molecule has 0 aromatic heterocycles. The van der Waals surface area contributed by atoms with E-state index in [0.29, 0.717) is 19.5 Å². The van der Waals surface area contributed by atoms with Crippen LogP contribution in [0.5, 0.6) is 0 Å². The molecule has 0 bridgehead atoms. The fourth-order valence-electron chi connectivity index (χ4n) is 1.96. The van der Waals surface area contributed by atoms with Gasteiger partial charge in [0.2, 0.25) is 0 Å². The van der Waals surface area contributed by atoms with Crippen LogP contribution in [-0.4, -0.2) is 29.8 Å². The van der Waals surface area contributed by atoms with Crippen LogP contribution < -0.4 is 5.32 Å². The summed E-state index contributed by atoms with van der Waals surface area (Å²) < 4.78 is 12.8. The summed E-state index contributed by atoms with van der Waals surface area (Å²) in [5, 5.41) is 2.82. The minimum absolute atomic E-state index is 0.0630. The number of hydrogen-bond donors (Lipinski definition) is 1. The second-order valence-electron chi connectivity index (χ2n) is 4.45. The molecule has 1 aliphatic rings. The number of halogens is 1. The second-order valence-corrected chi connectivity index (χ2v) is 4.45. The summed E-state index contributed by atoms with van der Waals surface area (Å²) in [6.07, 6.45) is 0.365. The van der Waals surface area contributed by atoms with Crippen LogP contribution in [0.2, 0.25) is 0 Å². The standard InChI is InChI=1S/C13H15FN2O2/c1-9(17)6-7-16-8-12(15-13(16)18)10-2-4-11(14)5-3-10/h2-5,12H,6-8H2,1H3,(H,15,18). The minimum atomic E-state index is -0.295. The average Bonchev–Trinajstić information content (AvgIpc) is 2.69. The maximum absolute atomic E-state index is 12.8. The lowest BCUT2D eigenvalue weighted by molar-refractivity contribution is -0.117. The summed E-state index contributed by atoms with van der Waals surface area (Å²) in [6.45, 7) is 2.45. The topological polar surface area (TPSA) is 49.4 Å². The predicted molar refractivity (Wildman–Crippen MR) is 64.5 cm³/mol. The third kappa shape index (κ3) is 2.85. The molecule has 1 unspecified atom stereocenters. The zero-order valence-electron chi connectivity index (χ0n) is 10.1. The van der Waals surface area contributed by atoms with Crippen molar-refractivity contribution in [2.75, 3.05) is 13.1 Å². The van der Waals surface area contributed by atoms with Gasteiger partial charge in [0.05, 0.1) is 6.04 Å². The Morgan fingerprint density at radius 1 is 1.44 bits per heavy atom. The molecule has 1 heterocycles. The SMILES string of the molecule is CC(=O)CCN1CC(c2ccc(F)cc2)NC1=O. The molecule has 5 heteroatoms. The summed E-state index contributed by atoms with van der Waals surface area (Å²) in [6, 6.07) is 5.76. The number of urea groups is 1. The lowest BCUT2D eigenvalue weighted by atomic mass is 10.1. The van der Waals surface area contributed by atoms with Crippen molar-refractivity contribution in [3.8, 4) is 0 Å². The first-order valence-electron chi connectivity index (χ1n) is 5.86. The monoisotopic (exact) mass is 250 g/mol. The molecule has 1 aliphatic heterocycles. The molecule has 0 spiro atoms. The Bertz CT molecular complexity index is 459. The van der Waals surface area contributed by atoms with E-state index in [9.17, 15) is 14.0 Å². The van der Waals surface area contributed by atoms with E-state index in [4.69, 9.17) is 0 Å². The van der Waals surface area contributed by atoms with Gasteiger partial charge < -0.3 is 10.2 Å². The Kier molecular flexibility index (Phi) is 3.60. The van der Waals surface area contributed by atoms with E-state index >= 15 is 0 Å². The van der Waals surface area contributed by atoms with Crippen molar-refractivity contribution in [1.82, 2.24) is 10.2 Å². The summed E-state index contributed by atoms with van der Waals surface area (Å²) in [7, 11) is 0. The van der Waals surface area contributed by atoms with Gasteiger partial charge in [0.25, 0.3) is 0 Å². The Morgan fingerprint density at radius 3 is 2.72 bits per heavy atom. The summed E-state index contributed by atoms with van der Waals surface area (Å²) >= 11 is 0. The molecule has 2 amide bonds. The fourth-order valence-corrected chi connectivity index (χ4v) is 1.96. The van der Waals surface area contributed by atoms with Crippen molar-refractivity contribution in [2.24, 2.45) is 0 Å². The molecule has 4 nitrogen and oxygen atoms in total. The molecule has 1 aromatic carbocycles. The largest absolute Gasteiger partial charge is 0.329 e. The fraction of sp³-hybridized carbons (Fsp3) is 0.385. The highest BCUT2D eigenvalue weighted by Gasteiger charge is 2.29. The minimum Gasteiger partial charge on any atom is -0.329 e. The Balaban J connectivity index is 1.99.